The number of carbonyl (C=O) groups excluding carboxylic acids is 1. The first-order chi connectivity index (χ1) is 8.17. The maximum Gasteiger partial charge on any atom is 0.308 e. The first-order valence-electron chi connectivity index (χ1n) is 5.25. The molecule has 0 aliphatic rings. The van der Waals surface area contributed by atoms with E-state index in [-0.39, 0.29) is 0 Å². The van der Waals surface area contributed by atoms with Crippen LogP contribution in [0.4, 0.5) is 0 Å². The first kappa shape index (κ1) is 14.7. The number of esters is 1. The van der Waals surface area contributed by atoms with Gasteiger partial charge in [0.05, 0.1) is 12.1 Å². The molecule has 0 amide bonds. The van der Waals surface area contributed by atoms with E-state index in [1.165, 1.54) is 6.92 Å². The molecule has 0 atom stereocenters. The predicted molar refractivity (Wildman–Crippen MR) is 63.1 cm³/mol. The molecule has 0 saturated carbocycles. The molecule has 1 aromatic rings. The monoisotopic (exact) mass is 230 g/mol. The zero-order chi connectivity index (χ0) is 13.3. The number of hydrogen-bond acceptors (Lipinski definition) is 4. The number of ether oxygens (including phenoxy) is 1. The van der Waals surface area contributed by atoms with Crippen molar-refractivity contribution in [2.24, 2.45) is 0 Å². The highest BCUT2D eigenvalue weighted by molar-refractivity contribution is 5.69. The number of rotatable bonds is 2. The van der Waals surface area contributed by atoms with E-state index < -0.39 is 11.9 Å². The largest absolute Gasteiger partial charge is 0.427 e. The van der Waals surface area contributed by atoms with Gasteiger partial charge in [0, 0.05) is 6.92 Å². The normalized spacial score (nSPS) is 8.35. The summed E-state index contributed by atoms with van der Waals surface area (Å²) in [5.74, 6) is -0.780. The molecule has 0 bridgehead atoms. The Hall–Kier alpha value is -2.33. The summed E-state index contributed by atoms with van der Waals surface area (Å²) in [7, 11) is 0. The molecule has 1 aromatic carbocycles. The van der Waals surface area contributed by atoms with Gasteiger partial charge in [0.2, 0.25) is 0 Å². The number of hydrogen-bond donors (Lipinski definition) is 0. The Kier molecular flexibility index (Phi) is 6.81. The van der Waals surface area contributed by atoms with E-state index >= 15 is 0 Å². The van der Waals surface area contributed by atoms with Crippen molar-refractivity contribution in [1.29, 1.82) is 10.5 Å². The van der Waals surface area contributed by atoms with Crippen LogP contribution in [0.5, 0.6) is 5.75 Å². The standard InChI is InChI=1S/C11H8N2O2.C2H6/c1-8(14)15-11-4-2-9(3-5-11)10(6-12)7-13;1-2/h2-5,10H,1H3;1-2H3. The summed E-state index contributed by atoms with van der Waals surface area (Å²) >= 11 is 0. The molecule has 17 heavy (non-hydrogen) atoms. The predicted octanol–water partition coefficient (Wildman–Crippen LogP) is 2.77. The number of carbonyl (C=O) groups is 1. The smallest absolute Gasteiger partial charge is 0.308 e. The van der Waals surface area contributed by atoms with Gasteiger partial charge in [-0.05, 0) is 17.7 Å². The van der Waals surface area contributed by atoms with Crippen LogP contribution in [0.2, 0.25) is 0 Å². The zero-order valence-corrected chi connectivity index (χ0v) is 10.1. The van der Waals surface area contributed by atoms with Crippen molar-refractivity contribution in [2.75, 3.05) is 0 Å². The summed E-state index contributed by atoms with van der Waals surface area (Å²) in [5, 5.41) is 17.3. The molecular formula is C13H14N2O2. The lowest BCUT2D eigenvalue weighted by atomic mass is 10.0. The van der Waals surface area contributed by atoms with Gasteiger partial charge < -0.3 is 4.74 Å². The maximum atomic E-state index is 10.6. The summed E-state index contributed by atoms with van der Waals surface area (Å²) in [6.45, 7) is 5.31. The summed E-state index contributed by atoms with van der Waals surface area (Å²) in [6.07, 6.45) is 0. The average molecular weight is 230 g/mol. The molecule has 0 aliphatic heterocycles. The van der Waals surface area contributed by atoms with Crippen LogP contribution in [-0.4, -0.2) is 5.97 Å². The highest BCUT2D eigenvalue weighted by Gasteiger charge is 2.08. The van der Waals surface area contributed by atoms with Crippen molar-refractivity contribution in [3.05, 3.63) is 29.8 Å². The molecule has 0 aromatic heterocycles. The minimum absolute atomic E-state index is 0.403. The third kappa shape index (κ3) is 4.81. The van der Waals surface area contributed by atoms with Crippen LogP contribution < -0.4 is 4.74 Å². The topological polar surface area (TPSA) is 73.9 Å². The van der Waals surface area contributed by atoms with Gasteiger partial charge >= 0.3 is 5.97 Å². The van der Waals surface area contributed by atoms with E-state index in [2.05, 4.69) is 0 Å². The van der Waals surface area contributed by atoms with Crippen LogP contribution in [0.25, 0.3) is 0 Å². The summed E-state index contributed by atoms with van der Waals surface area (Å²) in [6, 6.07) is 10.0. The molecule has 0 unspecified atom stereocenters. The average Bonchev–Trinajstić information content (AvgIpc) is 2.35. The molecule has 0 saturated heterocycles. The van der Waals surface area contributed by atoms with E-state index in [0.717, 1.165) is 0 Å². The lowest BCUT2D eigenvalue weighted by Crippen LogP contribution is -2.01. The Labute approximate surface area is 101 Å². The summed E-state index contributed by atoms with van der Waals surface area (Å²) in [5.41, 5.74) is 0.593. The second-order valence-corrected chi connectivity index (χ2v) is 2.85. The van der Waals surface area contributed by atoms with Crippen LogP contribution >= 0.6 is 0 Å². The molecule has 0 N–H and O–H groups in total. The molecule has 0 aliphatic carbocycles. The van der Waals surface area contributed by atoms with Crippen molar-refractivity contribution in [3.8, 4) is 17.9 Å². The van der Waals surface area contributed by atoms with Crippen molar-refractivity contribution in [2.45, 2.75) is 26.7 Å². The highest BCUT2D eigenvalue weighted by atomic mass is 16.5. The number of benzene rings is 1. The zero-order valence-electron chi connectivity index (χ0n) is 10.1. The second-order valence-electron chi connectivity index (χ2n) is 2.85. The van der Waals surface area contributed by atoms with Gasteiger partial charge in [-0.1, -0.05) is 26.0 Å². The van der Waals surface area contributed by atoms with Crippen LogP contribution in [0, 0.1) is 22.7 Å². The second kappa shape index (κ2) is 7.90. The van der Waals surface area contributed by atoms with Gasteiger partial charge in [0.1, 0.15) is 5.75 Å². The summed E-state index contributed by atoms with van der Waals surface area (Å²) in [4.78, 5) is 10.6. The van der Waals surface area contributed by atoms with E-state index in [9.17, 15) is 4.79 Å². The minimum Gasteiger partial charge on any atom is -0.427 e. The fourth-order valence-corrected chi connectivity index (χ4v) is 1.07. The third-order valence-electron chi connectivity index (χ3n) is 1.73. The van der Waals surface area contributed by atoms with Crippen LogP contribution in [0.1, 0.15) is 32.3 Å². The van der Waals surface area contributed by atoms with E-state index in [4.69, 9.17) is 15.3 Å². The first-order valence-corrected chi connectivity index (χ1v) is 5.25. The molecule has 0 spiro atoms. The molecule has 4 nitrogen and oxygen atoms in total. The van der Waals surface area contributed by atoms with Crippen molar-refractivity contribution < 1.29 is 9.53 Å². The van der Waals surface area contributed by atoms with Crippen LogP contribution in [0.3, 0.4) is 0 Å². The van der Waals surface area contributed by atoms with Crippen molar-refractivity contribution >= 4 is 5.97 Å². The third-order valence-corrected chi connectivity index (χ3v) is 1.73. The Morgan fingerprint density at radius 3 is 2.00 bits per heavy atom. The fraction of sp³-hybridized carbons (Fsp3) is 0.308. The quantitative estimate of drug-likeness (QED) is 0.578. The van der Waals surface area contributed by atoms with Gasteiger partial charge in [-0.15, -0.1) is 0 Å². The molecule has 0 heterocycles. The van der Waals surface area contributed by atoms with E-state index in [1.54, 1.807) is 24.3 Å². The Balaban J connectivity index is 0.00000121. The molecule has 1 rings (SSSR count). The Bertz CT molecular complexity index is 424. The van der Waals surface area contributed by atoms with Gasteiger partial charge in [-0.25, -0.2) is 0 Å². The SMILES string of the molecule is CC.CC(=O)Oc1ccc(C(C#N)C#N)cc1. The lowest BCUT2D eigenvalue weighted by Gasteiger charge is -2.03. The lowest BCUT2D eigenvalue weighted by molar-refractivity contribution is -0.131. The van der Waals surface area contributed by atoms with Gasteiger partial charge in [-0.2, -0.15) is 10.5 Å². The Morgan fingerprint density at radius 2 is 1.65 bits per heavy atom. The highest BCUT2D eigenvalue weighted by Crippen LogP contribution is 2.18. The molecule has 0 radical (unpaired) electrons. The van der Waals surface area contributed by atoms with Gasteiger partial charge in [-0.3, -0.25) is 4.79 Å². The van der Waals surface area contributed by atoms with Crippen molar-refractivity contribution in [1.82, 2.24) is 0 Å². The van der Waals surface area contributed by atoms with Crippen LogP contribution in [0.15, 0.2) is 24.3 Å². The fourth-order valence-electron chi connectivity index (χ4n) is 1.07. The molecule has 88 valence electrons. The van der Waals surface area contributed by atoms with E-state index in [1.807, 2.05) is 26.0 Å². The minimum atomic E-state index is -0.781. The van der Waals surface area contributed by atoms with Gasteiger partial charge in [0.25, 0.3) is 0 Å². The summed E-state index contributed by atoms with van der Waals surface area (Å²) < 4.78 is 4.81. The molecule has 0 fully saturated rings. The van der Waals surface area contributed by atoms with Crippen molar-refractivity contribution in [3.63, 3.8) is 0 Å². The van der Waals surface area contributed by atoms with Crippen LogP contribution in [-0.2, 0) is 4.79 Å². The van der Waals surface area contributed by atoms with E-state index in [0.29, 0.717) is 11.3 Å². The Morgan fingerprint density at radius 1 is 1.18 bits per heavy atom. The number of nitriles is 2. The number of nitrogens with zero attached hydrogens (tertiary/aromatic N) is 2. The van der Waals surface area contributed by atoms with Gasteiger partial charge in [0.15, 0.2) is 5.92 Å². The molecule has 4 heteroatoms. The molecular weight excluding hydrogens is 216 g/mol. The maximum absolute atomic E-state index is 10.6.